The highest BCUT2D eigenvalue weighted by Gasteiger charge is 2.52. The van der Waals surface area contributed by atoms with Gasteiger partial charge in [0.1, 0.15) is 29.3 Å². The zero-order valence-electron chi connectivity index (χ0n) is 25.8. The predicted molar refractivity (Wildman–Crippen MR) is 159 cm³/mol. The minimum absolute atomic E-state index is 0.0833. The van der Waals surface area contributed by atoms with Crippen LogP contribution in [0, 0.1) is 11.6 Å². The molecule has 0 aliphatic carbocycles. The highest BCUT2D eigenvalue weighted by Crippen LogP contribution is 2.37. The normalized spacial score (nSPS) is 20.1. The van der Waals surface area contributed by atoms with Gasteiger partial charge in [-0.05, 0) is 56.9 Å². The van der Waals surface area contributed by atoms with Crippen molar-refractivity contribution in [2.24, 2.45) is 0 Å². The van der Waals surface area contributed by atoms with Gasteiger partial charge in [-0.3, -0.25) is 9.78 Å². The number of pyridine rings is 1. The summed E-state index contributed by atoms with van der Waals surface area (Å²) >= 11 is 0. The summed E-state index contributed by atoms with van der Waals surface area (Å²) in [6.07, 6.45) is -3.34. The number of benzene rings is 2. The van der Waals surface area contributed by atoms with Crippen LogP contribution in [0.3, 0.4) is 0 Å². The molecule has 2 aromatic carbocycles. The maximum Gasteiger partial charge on any atom is 0.495 e. The zero-order valence-corrected chi connectivity index (χ0v) is 25.8. The van der Waals surface area contributed by atoms with E-state index in [0.717, 1.165) is 12.0 Å². The van der Waals surface area contributed by atoms with Gasteiger partial charge in [-0.1, -0.05) is 18.2 Å². The van der Waals surface area contributed by atoms with Crippen molar-refractivity contribution in [1.29, 1.82) is 0 Å². The molecule has 0 bridgehead atoms. The highest BCUT2D eigenvalue weighted by molar-refractivity contribution is 6.65. The third kappa shape index (κ3) is 6.40. The lowest BCUT2D eigenvalue weighted by Crippen LogP contribution is -2.53. The zero-order chi connectivity index (χ0) is 33.6. The fourth-order valence-corrected chi connectivity index (χ4v) is 5.51. The topological polar surface area (TPSA) is 99.2 Å². The average Bonchev–Trinajstić information content (AvgIpc) is 3.21. The SMILES string of the molecule is COC(=O)[C@H](Cc1ccc(B2OC(C)(C)C(C)(C)O2)c2cccnc12)NC(=O)c1c(F)cc(N2CCOC[C@@H]2C(F)(F)F)cc1F. The molecule has 1 N–H and O–H groups in total. The van der Waals surface area contributed by atoms with Crippen LogP contribution in [0.5, 0.6) is 0 Å². The van der Waals surface area contributed by atoms with E-state index in [9.17, 15) is 22.8 Å². The molecule has 0 radical (unpaired) electrons. The van der Waals surface area contributed by atoms with Crippen molar-refractivity contribution in [1.82, 2.24) is 10.3 Å². The highest BCUT2D eigenvalue weighted by atomic mass is 19.4. The van der Waals surface area contributed by atoms with E-state index in [4.69, 9.17) is 18.8 Å². The summed E-state index contributed by atoms with van der Waals surface area (Å²) in [4.78, 5) is 31.2. The second kappa shape index (κ2) is 12.4. The lowest BCUT2D eigenvalue weighted by Gasteiger charge is -2.38. The molecular formula is C31H33BF5N3O6. The number of hydrogen-bond acceptors (Lipinski definition) is 8. The van der Waals surface area contributed by atoms with E-state index >= 15 is 8.78 Å². The van der Waals surface area contributed by atoms with Crippen molar-refractivity contribution in [2.75, 3.05) is 31.8 Å². The Balaban J connectivity index is 1.42. The Labute approximate surface area is 262 Å². The second-order valence-corrected chi connectivity index (χ2v) is 12.2. The Morgan fingerprint density at radius 2 is 1.76 bits per heavy atom. The van der Waals surface area contributed by atoms with Crippen LogP contribution in [-0.2, 0) is 30.0 Å². The summed E-state index contributed by atoms with van der Waals surface area (Å²) in [6.45, 7) is 6.63. The predicted octanol–water partition coefficient (Wildman–Crippen LogP) is 4.09. The molecule has 2 saturated heterocycles. The van der Waals surface area contributed by atoms with Crippen LogP contribution in [0.25, 0.3) is 10.9 Å². The first-order valence-electron chi connectivity index (χ1n) is 14.5. The second-order valence-electron chi connectivity index (χ2n) is 12.2. The Morgan fingerprint density at radius 3 is 2.37 bits per heavy atom. The van der Waals surface area contributed by atoms with Crippen molar-refractivity contribution in [3.05, 3.63) is 65.4 Å². The number of alkyl halides is 3. The van der Waals surface area contributed by atoms with Crippen LogP contribution in [0.1, 0.15) is 43.6 Å². The fraction of sp³-hybridized carbons (Fsp3) is 0.452. The summed E-state index contributed by atoms with van der Waals surface area (Å²) in [5.41, 5.74) is -0.986. The first-order chi connectivity index (χ1) is 21.5. The maximum atomic E-state index is 15.2. The third-order valence-electron chi connectivity index (χ3n) is 8.70. The van der Waals surface area contributed by atoms with E-state index in [2.05, 4.69) is 10.3 Å². The van der Waals surface area contributed by atoms with Gasteiger partial charge in [0.2, 0.25) is 0 Å². The van der Waals surface area contributed by atoms with E-state index in [1.807, 2.05) is 33.8 Å². The van der Waals surface area contributed by atoms with Gasteiger partial charge in [0, 0.05) is 30.2 Å². The summed E-state index contributed by atoms with van der Waals surface area (Å²) in [5, 5.41) is 2.99. The Morgan fingerprint density at radius 1 is 1.11 bits per heavy atom. The average molecular weight is 649 g/mol. The Hall–Kier alpha value is -3.82. The van der Waals surface area contributed by atoms with Crippen molar-refractivity contribution in [3.63, 3.8) is 0 Å². The molecule has 0 saturated carbocycles. The van der Waals surface area contributed by atoms with Crippen molar-refractivity contribution in [2.45, 2.75) is 63.6 Å². The molecule has 0 spiro atoms. The number of rotatable bonds is 7. The molecule has 9 nitrogen and oxygen atoms in total. The first kappa shape index (κ1) is 33.5. The Bertz CT molecular complexity index is 1610. The van der Waals surface area contributed by atoms with E-state index in [-0.39, 0.29) is 19.6 Å². The molecule has 2 aliphatic heterocycles. The molecule has 3 aromatic rings. The van der Waals surface area contributed by atoms with Crippen molar-refractivity contribution >= 4 is 41.0 Å². The van der Waals surface area contributed by atoms with Crippen LogP contribution in [0.15, 0.2) is 42.6 Å². The number of hydrogen-bond donors (Lipinski definition) is 1. The quantitative estimate of drug-likeness (QED) is 0.232. The van der Waals surface area contributed by atoms with Crippen molar-refractivity contribution < 1.29 is 50.3 Å². The fourth-order valence-electron chi connectivity index (χ4n) is 5.51. The molecule has 1 amide bonds. The van der Waals surface area contributed by atoms with Crippen LogP contribution in [0.4, 0.5) is 27.6 Å². The monoisotopic (exact) mass is 649 g/mol. The Kier molecular flexibility index (Phi) is 9.06. The number of carbonyl (C=O) groups is 2. The van der Waals surface area contributed by atoms with E-state index in [0.29, 0.717) is 34.1 Å². The van der Waals surface area contributed by atoms with Crippen LogP contribution in [-0.4, -0.2) is 80.3 Å². The largest absolute Gasteiger partial charge is 0.495 e. The smallest absolute Gasteiger partial charge is 0.467 e. The van der Waals surface area contributed by atoms with Crippen LogP contribution >= 0.6 is 0 Å². The molecule has 246 valence electrons. The minimum Gasteiger partial charge on any atom is -0.467 e. The summed E-state index contributed by atoms with van der Waals surface area (Å²) in [7, 11) is 0.383. The van der Waals surface area contributed by atoms with Crippen LogP contribution in [0.2, 0.25) is 0 Å². The van der Waals surface area contributed by atoms with E-state index in [1.54, 1.807) is 24.4 Å². The lowest BCUT2D eigenvalue weighted by molar-refractivity contribution is -0.167. The number of aromatic nitrogens is 1. The number of fused-ring (bicyclic) bond motifs is 1. The number of morpholine rings is 1. The molecule has 46 heavy (non-hydrogen) atoms. The minimum atomic E-state index is -4.72. The van der Waals surface area contributed by atoms with E-state index < -0.39 is 77.9 Å². The number of halogens is 5. The molecule has 0 unspecified atom stereocenters. The van der Waals surface area contributed by atoms with Crippen molar-refractivity contribution in [3.8, 4) is 0 Å². The molecule has 5 rings (SSSR count). The summed E-state index contributed by atoms with van der Waals surface area (Å²) in [5.74, 6) is -4.99. The maximum absolute atomic E-state index is 15.2. The summed E-state index contributed by atoms with van der Waals surface area (Å²) < 4.78 is 93.3. The number of nitrogens with zero attached hydrogens (tertiary/aromatic N) is 2. The number of nitrogens with one attached hydrogen (secondary N) is 1. The standard InChI is InChI=1S/C31H33BF5N3O6/c1-29(2)30(3,4)46-32(45-29)20-9-8-17(26-19(20)7-6-10-38-26)13-23(28(42)43-5)39-27(41)25-21(33)14-18(15-22(25)34)40-11-12-44-16-24(40)31(35,36)37/h6-10,14-15,23-24H,11-13,16H2,1-5H3,(H,39,41)/t23-,24+/m0/s1. The molecule has 2 atom stereocenters. The summed E-state index contributed by atoms with van der Waals surface area (Å²) in [6, 6.07) is 4.76. The van der Waals surface area contributed by atoms with Crippen LogP contribution < -0.4 is 15.7 Å². The number of carbonyl (C=O) groups excluding carboxylic acids is 2. The first-order valence-corrected chi connectivity index (χ1v) is 14.5. The molecule has 3 heterocycles. The number of anilines is 1. The molecule has 2 aliphatic rings. The number of methoxy groups -OCH3 is 1. The number of amides is 1. The van der Waals surface area contributed by atoms with Gasteiger partial charge < -0.3 is 29.0 Å². The molecular weight excluding hydrogens is 616 g/mol. The van der Waals surface area contributed by atoms with Gasteiger partial charge >= 0.3 is 19.3 Å². The molecule has 15 heteroatoms. The lowest BCUT2D eigenvalue weighted by atomic mass is 9.76. The third-order valence-corrected chi connectivity index (χ3v) is 8.70. The number of ether oxygens (including phenoxy) is 2. The van der Waals surface area contributed by atoms with Gasteiger partial charge in [-0.25, -0.2) is 13.6 Å². The van der Waals surface area contributed by atoms with Gasteiger partial charge in [0.25, 0.3) is 5.91 Å². The number of esters is 1. The molecule has 2 fully saturated rings. The van der Waals surface area contributed by atoms with Gasteiger partial charge in [0.05, 0.1) is 37.0 Å². The van der Waals surface area contributed by atoms with E-state index in [1.165, 1.54) is 0 Å². The molecule has 1 aromatic heterocycles. The van der Waals surface area contributed by atoms with Gasteiger partial charge in [-0.15, -0.1) is 0 Å². The van der Waals surface area contributed by atoms with Gasteiger partial charge in [0.15, 0.2) is 0 Å². The van der Waals surface area contributed by atoms with Gasteiger partial charge in [-0.2, -0.15) is 13.2 Å².